The normalized spacial score (nSPS) is 20.9. The molecule has 0 aromatic carbocycles. The Balaban J connectivity index is 2.10. The predicted octanol–water partition coefficient (Wildman–Crippen LogP) is 1.09. The van der Waals surface area contributed by atoms with Crippen LogP contribution in [0, 0.1) is 0 Å². The van der Waals surface area contributed by atoms with Crippen molar-refractivity contribution in [3.05, 3.63) is 12.3 Å². The van der Waals surface area contributed by atoms with Crippen LogP contribution in [0.1, 0.15) is 13.3 Å². The molecule has 1 aromatic heterocycles. The first-order valence-corrected chi connectivity index (χ1v) is 6.54. The van der Waals surface area contributed by atoms with Gasteiger partial charge in [-0.1, -0.05) is 6.92 Å². The van der Waals surface area contributed by atoms with Crippen LogP contribution in [0.2, 0.25) is 0 Å². The molecule has 2 rings (SSSR count). The van der Waals surface area contributed by atoms with E-state index in [1.807, 2.05) is 17.8 Å². The zero-order valence-corrected chi connectivity index (χ0v) is 10.2. The Hall–Kier alpha value is -1.01. The maximum atomic E-state index is 5.30. The van der Waals surface area contributed by atoms with Gasteiger partial charge in [0.1, 0.15) is 5.82 Å². The summed E-state index contributed by atoms with van der Waals surface area (Å²) in [5.74, 6) is 7.90. The van der Waals surface area contributed by atoms with Gasteiger partial charge in [0.25, 0.3) is 0 Å². The van der Waals surface area contributed by atoms with E-state index in [9.17, 15) is 0 Å². The monoisotopic (exact) mass is 239 g/mol. The quantitative estimate of drug-likeness (QED) is 0.608. The van der Waals surface area contributed by atoms with Crippen LogP contribution in [-0.2, 0) is 0 Å². The standard InChI is InChI=1S/C10H17N5S/c1-2-8-7-15(5-6-16-8)9-3-4-12-10(13-9)14-11/h3-4,8H,2,5-7,11H2,1H3,(H,12,13,14). The van der Waals surface area contributed by atoms with Gasteiger partial charge in [0.05, 0.1) is 0 Å². The van der Waals surface area contributed by atoms with Gasteiger partial charge in [-0.15, -0.1) is 0 Å². The summed E-state index contributed by atoms with van der Waals surface area (Å²) in [5, 5.41) is 0.706. The Morgan fingerprint density at radius 1 is 1.69 bits per heavy atom. The number of thioether (sulfide) groups is 1. The zero-order chi connectivity index (χ0) is 11.4. The van der Waals surface area contributed by atoms with E-state index in [0.717, 1.165) is 24.7 Å². The molecule has 1 aliphatic heterocycles. The number of hydrogen-bond acceptors (Lipinski definition) is 6. The lowest BCUT2D eigenvalue weighted by molar-refractivity contribution is 0.719. The molecule has 0 spiro atoms. The van der Waals surface area contributed by atoms with Gasteiger partial charge in [-0.2, -0.15) is 16.7 Å². The zero-order valence-electron chi connectivity index (χ0n) is 9.39. The molecule has 5 nitrogen and oxygen atoms in total. The van der Waals surface area contributed by atoms with Crippen molar-refractivity contribution in [2.24, 2.45) is 5.84 Å². The van der Waals surface area contributed by atoms with Crippen LogP contribution in [0.25, 0.3) is 0 Å². The minimum atomic E-state index is 0.476. The van der Waals surface area contributed by atoms with Gasteiger partial charge in [0.15, 0.2) is 0 Å². The molecule has 2 heterocycles. The number of anilines is 2. The van der Waals surface area contributed by atoms with E-state index in [4.69, 9.17) is 5.84 Å². The van der Waals surface area contributed by atoms with E-state index in [1.165, 1.54) is 6.42 Å². The maximum absolute atomic E-state index is 5.30. The first-order valence-electron chi connectivity index (χ1n) is 5.49. The smallest absolute Gasteiger partial charge is 0.239 e. The SMILES string of the molecule is CCC1CN(c2ccnc(NN)n2)CCS1. The van der Waals surface area contributed by atoms with E-state index in [-0.39, 0.29) is 0 Å². The van der Waals surface area contributed by atoms with Crippen molar-refractivity contribution in [1.29, 1.82) is 0 Å². The summed E-state index contributed by atoms with van der Waals surface area (Å²) in [7, 11) is 0. The molecule has 1 unspecified atom stereocenters. The maximum Gasteiger partial charge on any atom is 0.239 e. The molecule has 1 fully saturated rings. The molecule has 88 valence electrons. The van der Waals surface area contributed by atoms with Crippen LogP contribution < -0.4 is 16.2 Å². The van der Waals surface area contributed by atoms with Crippen LogP contribution in [0.3, 0.4) is 0 Å². The van der Waals surface area contributed by atoms with E-state index >= 15 is 0 Å². The summed E-state index contributed by atoms with van der Waals surface area (Å²) in [6.07, 6.45) is 2.94. The minimum Gasteiger partial charge on any atom is -0.355 e. The lowest BCUT2D eigenvalue weighted by Crippen LogP contribution is -2.38. The van der Waals surface area contributed by atoms with Crippen molar-refractivity contribution in [2.45, 2.75) is 18.6 Å². The molecule has 1 aliphatic rings. The molecule has 0 amide bonds. The lowest BCUT2D eigenvalue weighted by atomic mass is 10.3. The molecule has 1 saturated heterocycles. The van der Waals surface area contributed by atoms with Crippen molar-refractivity contribution in [2.75, 3.05) is 29.2 Å². The highest BCUT2D eigenvalue weighted by Crippen LogP contribution is 2.24. The first-order chi connectivity index (χ1) is 7.83. The van der Waals surface area contributed by atoms with E-state index < -0.39 is 0 Å². The Labute approximate surface area is 99.8 Å². The Morgan fingerprint density at radius 3 is 3.31 bits per heavy atom. The Bertz CT molecular complexity index is 346. The lowest BCUT2D eigenvalue weighted by Gasteiger charge is -2.32. The molecule has 0 saturated carbocycles. The molecular weight excluding hydrogens is 222 g/mol. The summed E-state index contributed by atoms with van der Waals surface area (Å²) in [5.41, 5.74) is 2.48. The summed E-state index contributed by atoms with van der Waals surface area (Å²) in [6, 6.07) is 1.93. The molecule has 0 aliphatic carbocycles. The van der Waals surface area contributed by atoms with Crippen molar-refractivity contribution < 1.29 is 0 Å². The number of aromatic nitrogens is 2. The number of nitrogens with two attached hydrogens (primary N) is 1. The highest BCUT2D eigenvalue weighted by Gasteiger charge is 2.20. The molecule has 1 aromatic rings. The topological polar surface area (TPSA) is 67.1 Å². The second-order valence-electron chi connectivity index (χ2n) is 3.73. The van der Waals surface area contributed by atoms with E-state index in [2.05, 4.69) is 27.2 Å². The molecule has 0 radical (unpaired) electrons. The van der Waals surface area contributed by atoms with Gasteiger partial charge in [-0.05, 0) is 12.5 Å². The van der Waals surface area contributed by atoms with Crippen molar-refractivity contribution in [3.63, 3.8) is 0 Å². The average Bonchev–Trinajstić information content (AvgIpc) is 2.39. The Kier molecular flexibility index (Phi) is 3.84. The predicted molar refractivity (Wildman–Crippen MR) is 68.6 cm³/mol. The molecule has 0 bridgehead atoms. The molecular formula is C10H17N5S. The first kappa shape index (κ1) is 11.5. The summed E-state index contributed by atoms with van der Waals surface area (Å²) >= 11 is 2.05. The van der Waals surface area contributed by atoms with E-state index in [0.29, 0.717) is 11.2 Å². The fraction of sp³-hybridized carbons (Fsp3) is 0.600. The summed E-state index contributed by atoms with van der Waals surface area (Å²) in [6.45, 7) is 4.33. The third-order valence-corrected chi connectivity index (χ3v) is 4.06. The fourth-order valence-electron chi connectivity index (χ4n) is 1.77. The van der Waals surface area contributed by atoms with Gasteiger partial charge >= 0.3 is 0 Å². The third-order valence-electron chi connectivity index (χ3n) is 2.69. The number of nitrogen functional groups attached to an aromatic ring is 1. The van der Waals surface area contributed by atoms with Crippen LogP contribution in [0.5, 0.6) is 0 Å². The minimum absolute atomic E-state index is 0.476. The van der Waals surface area contributed by atoms with Gasteiger partial charge in [0.2, 0.25) is 5.95 Å². The van der Waals surface area contributed by atoms with Gasteiger partial charge in [-0.25, -0.2) is 10.8 Å². The second kappa shape index (κ2) is 5.36. The van der Waals surface area contributed by atoms with Gasteiger partial charge in [-0.3, -0.25) is 5.43 Å². The van der Waals surface area contributed by atoms with Crippen molar-refractivity contribution >= 4 is 23.5 Å². The van der Waals surface area contributed by atoms with Crippen LogP contribution in [-0.4, -0.2) is 34.1 Å². The van der Waals surface area contributed by atoms with Crippen molar-refractivity contribution in [1.82, 2.24) is 9.97 Å². The van der Waals surface area contributed by atoms with E-state index in [1.54, 1.807) is 6.20 Å². The number of nitrogens with zero attached hydrogens (tertiary/aromatic N) is 3. The van der Waals surface area contributed by atoms with Crippen molar-refractivity contribution in [3.8, 4) is 0 Å². The number of nitrogens with one attached hydrogen (secondary N) is 1. The summed E-state index contributed by atoms with van der Waals surface area (Å²) < 4.78 is 0. The Morgan fingerprint density at radius 2 is 2.56 bits per heavy atom. The van der Waals surface area contributed by atoms with Gasteiger partial charge in [0, 0.05) is 30.3 Å². The highest BCUT2D eigenvalue weighted by atomic mass is 32.2. The number of hydrogen-bond donors (Lipinski definition) is 2. The van der Waals surface area contributed by atoms with Crippen LogP contribution in [0.15, 0.2) is 12.3 Å². The molecule has 16 heavy (non-hydrogen) atoms. The van der Waals surface area contributed by atoms with Crippen LogP contribution >= 0.6 is 11.8 Å². The highest BCUT2D eigenvalue weighted by molar-refractivity contribution is 8.00. The third kappa shape index (κ3) is 2.56. The molecule has 3 N–H and O–H groups in total. The van der Waals surface area contributed by atoms with Gasteiger partial charge < -0.3 is 4.90 Å². The molecule has 6 heteroatoms. The number of rotatable bonds is 3. The molecule has 1 atom stereocenters. The average molecular weight is 239 g/mol. The number of hydrazine groups is 1. The van der Waals surface area contributed by atoms with Crippen LogP contribution in [0.4, 0.5) is 11.8 Å². The summed E-state index contributed by atoms with van der Waals surface area (Å²) in [4.78, 5) is 10.7. The largest absolute Gasteiger partial charge is 0.355 e. The second-order valence-corrected chi connectivity index (χ2v) is 5.14. The fourth-order valence-corrected chi connectivity index (χ4v) is 2.95.